The summed E-state index contributed by atoms with van der Waals surface area (Å²) in [5.41, 5.74) is 2.75. The lowest BCUT2D eigenvalue weighted by Crippen LogP contribution is -2.12. The highest BCUT2D eigenvalue weighted by Crippen LogP contribution is 2.17. The Balaban J connectivity index is 1.42. The number of anilines is 1. The van der Waals surface area contributed by atoms with Gasteiger partial charge in [-0.15, -0.1) is 0 Å². The molecule has 1 amide bonds. The van der Waals surface area contributed by atoms with E-state index in [1.165, 1.54) is 0 Å². The Labute approximate surface area is 161 Å². The van der Waals surface area contributed by atoms with Crippen LogP contribution in [0, 0.1) is 0 Å². The van der Waals surface area contributed by atoms with Gasteiger partial charge in [0.25, 0.3) is 5.91 Å². The third kappa shape index (κ3) is 3.93. The van der Waals surface area contributed by atoms with Crippen molar-refractivity contribution in [3.8, 4) is 11.6 Å². The Kier molecular flexibility index (Phi) is 4.88. The van der Waals surface area contributed by atoms with Crippen molar-refractivity contribution in [3.63, 3.8) is 0 Å². The number of carbonyl (C=O) groups excluding carboxylic acids is 1. The predicted octanol–water partition coefficient (Wildman–Crippen LogP) is 3.57. The summed E-state index contributed by atoms with van der Waals surface area (Å²) in [7, 11) is 1.54. The number of hydrogen-bond donors (Lipinski definition) is 1. The zero-order chi connectivity index (χ0) is 19.3. The summed E-state index contributed by atoms with van der Waals surface area (Å²) in [5.74, 6) is 0.836. The Morgan fingerprint density at radius 2 is 2.07 bits per heavy atom. The molecule has 1 N–H and O–H groups in total. The molecule has 140 valence electrons. The number of nitrogens with zero attached hydrogens (tertiary/aromatic N) is 3. The van der Waals surface area contributed by atoms with Crippen LogP contribution < -0.4 is 14.8 Å². The average Bonchev–Trinajstić information content (AvgIpc) is 3.16. The molecule has 3 aromatic heterocycles. The van der Waals surface area contributed by atoms with Crippen molar-refractivity contribution in [2.75, 3.05) is 12.4 Å². The number of fused-ring (bicyclic) bond motifs is 1. The summed E-state index contributed by atoms with van der Waals surface area (Å²) in [4.78, 5) is 21.0. The first-order valence-electron chi connectivity index (χ1n) is 8.68. The lowest BCUT2D eigenvalue weighted by atomic mass is 10.2. The topological polar surface area (TPSA) is 77.8 Å². The standard InChI is InChI=1S/C21H18N4O3/c1-27-20-9-8-16(12-22-20)24-21(26)15-5-4-6-18(11-15)28-14-17-13-25-10-3-2-7-19(25)23-17/h2-13H,14H2,1H3,(H,24,26). The fraction of sp³-hybridized carbons (Fsp3) is 0.0952. The van der Waals surface area contributed by atoms with E-state index in [0.29, 0.717) is 29.5 Å². The number of benzene rings is 1. The van der Waals surface area contributed by atoms with E-state index in [9.17, 15) is 4.79 Å². The van der Waals surface area contributed by atoms with Gasteiger partial charge in [-0.1, -0.05) is 12.1 Å². The minimum absolute atomic E-state index is 0.245. The van der Waals surface area contributed by atoms with Crippen molar-refractivity contribution in [2.24, 2.45) is 0 Å². The molecule has 0 saturated heterocycles. The summed E-state index contributed by atoms with van der Waals surface area (Å²) >= 11 is 0. The summed E-state index contributed by atoms with van der Waals surface area (Å²) in [6.07, 6.45) is 5.40. The lowest BCUT2D eigenvalue weighted by molar-refractivity contribution is 0.102. The van der Waals surface area contributed by atoms with Crippen molar-refractivity contribution < 1.29 is 14.3 Å². The minimum Gasteiger partial charge on any atom is -0.487 e. The van der Waals surface area contributed by atoms with Gasteiger partial charge in [-0.3, -0.25) is 4.79 Å². The first-order valence-corrected chi connectivity index (χ1v) is 8.68. The molecule has 0 bridgehead atoms. The van der Waals surface area contributed by atoms with Crippen LogP contribution in [-0.4, -0.2) is 27.4 Å². The highest BCUT2D eigenvalue weighted by atomic mass is 16.5. The van der Waals surface area contributed by atoms with Gasteiger partial charge in [0, 0.05) is 24.0 Å². The van der Waals surface area contributed by atoms with Gasteiger partial charge < -0.3 is 19.2 Å². The van der Waals surface area contributed by atoms with Gasteiger partial charge in [0.15, 0.2) is 0 Å². The second kappa shape index (κ2) is 7.79. The number of aromatic nitrogens is 3. The first-order chi connectivity index (χ1) is 13.7. The molecule has 1 aromatic carbocycles. The van der Waals surface area contributed by atoms with Crippen molar-refractivity contribution in [1.82, 2.24) is 14.4 Å². The highest BCUT2D eigenvalue weighted by molar-refractivity contribution is 6.04. The number of nitrogens with one attached hydrogen (secondary N) is 1. The van der Waals surface area contributed by atoms with Gasteiger partial charge in [-0.25, -0.2) is 9.97 Å². The van der Waals surface area contributed by atoms with Gasteiger partial charge in [0.05, 0.1) is 24.7 Å². The van der Waals surface area contributed by atoms with Crippen molar-refractivity contribution in [2.45, 2.75) is 6.61 Å². The molecular formula is C21H18N4O3. The van der Waals surface area contributed by atoms with Crippen LogP contribution in [0.15, 0.2) is 73.2 Å². The molecule has 28 heavy (non-hydrogen) atoms. The van der Waals surface area contributed by atoms with E-state index in [1.807, 2.05) is 41.1 Å². The van der Waals surface area contributed by atoms with Crippen molar-refractivity contribution in [3.05, 3.63) is 84.4 Å². The molecule has 0 aliphatic heterocycles. The second-order valence-electron chi connectivity index (χ2n) is 6.06. The monoisotopic (exact) mass is 374 g/mol. The number of imidazole rings is 1. The van der Waals surface area contributed by atoms with Gasteiger partial charge in [0.2, 0.25) is 5.88 Å². The Morgan fingerprint density at radius 1 is 1.14 bits per heavy atom. The van der Waals surface area contributed by atoms with Gasteiger partial charge in [0.1, 0.15) is 18.0 Å². The molecule has 4 rings (SSSR count). The molecule has 7 nitrogen and oxygen atoms in total. The zero-order valence-corrected chi connectivity index (χ0v) is 15.2. The van der Waals surface area contributed by atoms with Crippen LogP contribution in [0.4, 0.5) is 5.69 Å². The summed E-state index contributed by atoms with van der Waals surface area (Å²) in [6, 6.07) is 16.2. The molecule has 0 fully saturated rings. The number of methoxy groups -OCH3 is 1. The maximum absolute atomic E-state index is 12.5. The molecule has 0 aliphatic rings. The molecule has 4 aromatic rings. The number of rotatable bonds is 6. The predicted molar refractivity (Wildman–Crippen MR) is 105 cm³/mol. The molecule has 0 spiro atoms. The Morgan fingerprint density at radius 3 is 2.86 bits per heavy atom. The van der Waals surface area contributed by atoms with E-state index in [0.717, 1.165) is 11.3 Å². The summed E-state index contributed by atoms with van der Waals surface area (Å²) in [5, 5.41) is 2.80. The fourth-order valence-electron chi connectivity index (χ4n) is 2.72. The van der Waals surface area contributed by atoms with E-state index < -0.39 is 0 Å². The quantitative estimate of drug-likeness (QED) is 0.558. The minimum atomic E-state index is -0.245. The molecule has 7 heteroatoms. The number of carbonyl (C=O) groups is 1. The smallest absolute Gasteiger partial charge is 0.255 e. The normalized spacial score (nSPS) is 10.6. The van der Waals surface area contributed by atoms with Crippen molar-refractivity contribution in [1.29, 1.82) is 0 Å². The molecule has 0 radical (unpaired) electrons. The number of ether oxygens (including phenoxy) is 2. The zero-order valence-electron chi connectivity index (χ0n) is 15.2. The number of amides is 1. The van der Waals surface area contributed by atoms with E-state index in [2.05, 4.69) is 15.3 Å². The van der Waals surface area contributed by atoms with Crippen LogP contribution in [0.1, 0.15) is 16.1 Å². The third-order valence-electron chi connectivity index (χ3n) is 4.10. The largest absolute Gasteiger partial charge is 0.487 e. The molecule has 3 heterocycles. The van der Waals surface area contributed by atoms with Crippen LogP contribution in [0.2, 0.25) is 0 Å². The first kappa shape index (κ1) is 17.5. The molecule has 0 unspecified atom stereocenters. The van der Waals surface area contributed by atoms with E-state index in [1.54, 1.807) is 43.6 Å². The fourth-order valence-corrected chi connectivity index (χ4v) is 2.72. The van der Waals surface area contributed by atoms with Gasteiger partial charge in [-0.05, 0) is 36.4 Å². The number of pyridine rings is 2. The molecular weight excluding hydrogens is 356 g/mol. The van der Waals surface area contributed by atoms with Crippen LogP contribution in [-0.2, 0) is 6.61 Å². The summed E-state index contributed by atoms with van der Waals surface area (Å²) in [6.45, 7) is 0.315. The van der Waals surface area contributed by atoms with E-state index >= 15 is 0 Å². The Hall–Kier alpha value is -3.87. The SMILES string of the molecule is COc1ccc(NC(=O)c2cccc(OCc3cn4ccccc4n3)c2)cn1. The molecule has 0 atom stereocenters. The molecule has 0 saturated carbocycles. The van der Waals surface area contributed by atoms with Gasteiger partial charge in [-0.2, -0.15) is 0 Å². The highest BCUT2D eigenvalue weighted by Gasteiger charge is 2.09. The van der Waals surface area contributed by atoms with Crippen LogP contribution in [0.3, 0.4) is 0 Å². The van der Waals surface area contributed by atoms with Crippen molar-refractivity contribution >= 4 is 17.2 Å². The van der Waals surface area contributed by atoms with Crippen LogP contribution in [0.5, 0.6) is 11.6 Å². The average molecular weight is 374 g/mol. The maximum Gasteiger partial charge on any atom is 0.255 e. The second-order valence-corrected chi connectivity index (χ2v) is 6.06. The van der Waals surface area contributed by atoms with Gasteiger partial charge >= 0.3 is 0 Å². The molecule has 0 aliphatic carbocycles. The van der Waals surface area contributed by atoms with Crippen LogP contribution >= 0.6 is 0 Å². The van der Waals surface area contributed by atoms with E-state index in [4.69, 9.17) is 9.47 Å². The summed E-state index contributed by atoms with van der Waals surface area (Å²) < 4.78 is 12.8. The lowest BCUT2D eigenvalue weighted by Gasteiger charge is -2.08. The maximum atomic E-state index is 12.5. The van der Waals surface area contributed by atoms with Crippen LogP contribution in [0.25, 0.3) is 5.65 Å². The Bertz CT molecular complexity index is 1070. The number of hydrogen-bond acceptors (Lipinski definition) is 5. The van der Waals surface area contributed by atoms with E-state index in [-0.39, 0.29) is 5.91 Å². The third-order valence-corrected chi connectivity index (χ3v) is 4.10.